The van der Waals surface area contributed by atoms with E-state index in [9.17, 15) is 29.4 Å². The Labute approximate surface area is 458 Å². The van der Waals surface area contributed by atoms with Gasteiger partial charge < -0.3 is 46.1 Å². The minimum Gasteiger partial charge on any atom is -0.487 e. The molecule has 0 spiro atoms. The number of guanidine groups is 1. The lowest BCUT2D eigenvalue weighted by Gasteiger charge is -2.47. The molecule has 4 heterocycles. The summed E-state index contributed by atoms with van der Waals surface area (Å²) in [5.41, 5.74) is 6.82. The second-order valence-corrected chi connectivity index (χ2v) is 23.3. The predicted molar refractivity (Wildman–Crippen MR) is 298 cm³/mol. The Hall–Kier alpha value is -6.82. The minimum atomic E-state index is -1.29. The average Bonchev–Trinajstić information content (AvgIpc) is 3.91. The van der Waals surface area contributed by atoms with Crippen molar-refractivity contribution >= 4 is 35.9 Å². The molecule has 2 unspecified atom stereocenters. The summed E-state index contributed by atoms with van der Waals surface area (Å²) in [6.07, 6.45) is 3.59. The molecule has 4 aromatic rings. The van der Waals surface area contributed by atoms with Crippen molar-refractivity contribution in [2.45, 2.75) is 190 Å². The molecule has 416 valence electrons. The number of nitrogens with one attached hydrogen (secondary N) is 4. The monoisotopic (exact) mass is 1070 g/mol. The molecule has 17 heteroatoms. The van der Waals surface area contributed by atoms with Gasteiger partial charge in [-0.15, -0.1) is 0 Å². The van der Waals surface area contributed by atoms with Gasteiger partial charge in [-0.05, 0) is 127 Å². The lowest BCUT2D eigenvalue weighted by atomic mass is 9.77. The number of carbonyl (C=O) groups is 4. The van der Waals surface area contributed by atoms with Gasteiger partial charge in [-0.2, -0.15) is 0 Å². The number of ether oxygens (including phenoxy) is 3. The van der Waals surface area contributed by atoms with E-state index in [1.165, 1.54) is 4.90 Å². The zero-order chi connectivity index (χ0) is 56.1. The molecule has 0 radical (unpaired) electrons. The van der Waals surface area contributed by atoms with E-state index in [4.69, 9.17) is 30.3 Å². The third-order valence-electron chi connectivity index (χ3n) is 17.9. The predicted octanol–water partition coefficient (Wildman–Crippen LogP) is 8.43. The number of nitrogens with two attached hydrogens (primary N) is 1. The van der Waals surface area contributed by atoms with Gasteiger partial charge in [0, 0.05) is 59.0 Å². The topological polar surface area (TPSA) is 241 Å². The van der Waals surface area contributed by atoms with Gasteiger partial charge in [0.2, 0.25) is 11.8 Å². The summed E-state index contributed by atoms with van der Waals surface area (Å²) in [7, 11) is 1.84. The van der Waals surface area contributed by atoms with Crippen LogP contribution in [0.25, 0.3) is 0 Å². The molecule has 0 saturated carbocycles. The molecule has 4 aromatic carbocycles. The van der Waals surface area contributed by atoms with Crippen molar-refractivity contribution < 1.29 is 43.6 Å². The summed E-state index contributed by atoms with van der Waals surface area (Å²) in [5, 5.41) is 41.9. The summed E-state index contributed by atoms with van der Waals surface area (Å²) in [4.78, 5) is 65.2. The smallest absolute Gasteiger partial charge is 0.251 e. The molecule has 17 nitrogen and oxygen atoms in total. The van der Waals surface area contributed by atoms with Crippen molar-refractivity contribution in [1.29, 1.82) is 5.41 Å². The third kappa shape index (κ3) is 10.5. The fourth-order valence-corrected chi connectivity index (χ4v) is 12.7. The van der Waals surface area contributed by atoms with Gasteiger partial charge in [-0.1, -0.05) is 70.2 Å². The van der Waals surface area contributed by atoms with Crippen molar-refractivity contribution in [2.75, 3.05) is 7.05 Å². The number of aliphatic imine (C=N–C) groups is 1. The highest BCUT2D eigenvalue weighted by Crippen LogP contribution is 2.49. The van der Waals surface area contributed by atoms with Crippen LogP contribution in [0.15, 0.2) is 89.9 Å². The SMILES string of the molecule is CCC1(CC)CC(=O)N([C@@H]2CC(C)(C)Oc3ccc(C(=O)N[C@@H]4c5ccccc5OC(C)(CCC5(C)C[C@@H](N(C=N)C(=O)CC(CC)(CC)NC)c6cc(C(=O)N[C@@H]7c8ccccc8C[C@H]7O)ccc6O5)[C@H]4O)cc32)C(N)=N1. The van der Waals surface area contributed by atoms with Crippen LogP contribution in [0.2, 0.25) is 0 Å². The van der Waals surface area contributed by atoms with E-state index in [1.54, 1.807) is 41.3 Å². The Balaban J connectivity index is 0.986. The highest BCUT2D eigenvalue weighted by atomic mass is 16.5. The number of amides is 4. The molecular weight excluding hydrogens is 989 g/mol. The lowest BCUT2D eigenvalue weighted by molar-refractivity contribution is -0.133. The Bertz CT molecular complexity index is 3000. The fourth-order valence-electron chi connectivity index (χ4n) is 12.7. The number of aliphatic hydroxyl groups excluding tert-OH is 2. The summed E-state index contributed by atoms with van der Waals surface area (Å²) in [6, 6.07) is 22.4. The van der Waals surface area contributed by atoms with Gasteiger partial charge in [0.1, 0.15) is 40.2 Å². The quantitative estimate of drug-likeness (QED) is 0.0391. The third-order valence-corrected chi connectivity index (χ3v) is 17.9. The summed E-state index contributed by atoms with van der Waals surface area (Å²) >= 11 is 0. The summed E-state index contributed by atoms with van der Waals surface area (Å²) in [6.45, 7) is 15.7. The average molecular weight is 1070 g/mol. The normalized spacial score (nSPS) is 26.5. The molecule has 8 N–H and O–H groups in total. The minimum absolute atomic E-state index is 0.122. The molecule has 0 saturated heterocycles. The maximum atomic E-state index is 14.6. The van der Waals surface area contributed by atoms with E-state index >= 15 is 0 Å². The van der Waals surface area contributed by atoms with Crippen molar-refractivity contribution in [2.24, 2.45) is 10.7 Å². The van der Waals surface area contributed by atoms with Crippen LogP contribution in [-0.2, 0) is 16.0 Å². The van der Waals surface area contributed by atoms with Gasteiger partial charge in [0.15, 0.2) is 5.96 Å². The lowest BCUT2D eigenvalue weighted by Crippen LogP contribution is -2.56. The summed E-state index contributed by atoms with van der Waals surface area (Å²) in [5.74, 6) is 0.335. The Kier molecular flexibility index (Phi) is 15.4. The molecule has 4 amide bonds. The van der Waals surface area contributed by atoms with Crippen LogP contribution in [0.5, 0.6) is 17.2 Å². The van der Waals surface area contributed by atoms with E-state index in [1.807, 2.05) is 111 Å². The largest absolute Gasteiger partial charge is 0.487 e. The number of fused-ring (bicyclic) bond motifs is 4. The van der Waals surface area contributed by atoms with Crippen molar-refractivity contribution in [1.82, 2.24) is 25.8 Å². The molecule has 9 rings (SSSR count). The molecule has 5 aliphatic rings. The Morgan fingerprint density at radius 2 is 1.40 bits per heavy atom. The Morgan fingerprint density at radius 1 is 0.795 bits per heavy atom. The number of rotatable bonds is 17. The van der Waals surface area contributed by atoms with Crippen LogP contribution in [-0.4, -0.2) is 103 Å². The number of nitrogens with zero attached hydrogens (tertiary/aromatic N) is 3. The molecule has 4 aliphatic heterocycles. The van der Waals surface area contributed by atoms with Gasteiger partial charge >= 0.3 is 0 Å². The second kappa shape index (κ2) is 21.4. The number of aliphatic hydroxyl groups is 2. The molecule has 0 fully saturated rings. The van der Waals surface area contributed by atoms with Crippen LogP contribution in [0.3, 0.4) is 0 Å². The zero-order valence-electron chi connectivity index (χ0n) is 46.6. The standard InChI is InChI=1S/C61H78N8O9/c1-10-60(11-2,64-9)33-49(71)68(35-62)43-32-58(7,77-48-25-23-37(28-41(43)48)54(74)65-51-39-19-15-14-18-36(39)30-45(51)70)26-27-59(8)53(73)52(40-20-16-17-21-46(40)78-59)66-55(75)38-22-24-47-42(29-38)44(31-57(5,6)76-47)69-50(72)34-61(12-3,13-4)67-56(69)63/h14-25,28-29,35,43-45,51-53,62,64,70,73H,10-13,26-27,30-34H2,1-9H3,(H2,63,67)(H,65,74)(H,66,75)/t43-,44-,45-,51-,52-,53+,58?,59?/m1/s1. The highest BCUT2D eigenvalue weighted by Gasteiger charge is 2.51. The van der Waals surface area contributed by atoms with Crippen molar-refractivity contribution in [3.05, 3.63) is 124 Å². The van der Waals surface area contributed by atoms with E-state index < -0.39 is 76.1 Å². The van der Waals surface area contributed by atoms with Crippen LogP contribution in [0.4, 0.5) is 0 Å². The molecule has 8 atom stereocenters. The maximum Gasteiger partial charge on any atom is 0.251 e. The van der Waals surface area contributed by atoms with Gasteiger partial charge in [0.05, 0.1) is 48.6 Å². The van der Waals surface area contributed by atoms with Gasteiger partial charge in [-0.3, -0.25) is 34.4 Å². The van der Waals surface area contributed by atoms with E-state index in [0.29, 0.717) is 90.0 Å². The van der Waals surface area contributed by atoms with Gasteiger partial charge in [0.25, 0.3) is 11.8 Å². The zero-order valence-corrected chi connectivity index (χ0v) is 46.6. The number of carbonyl (C=O) groups excluding carboxylic acids is 4. The summed E-state index contributed by atoms with van der Waals surface area (Å²) < 4.78 is 20.1. The van der Waals surface area contributed by atoms with Crippen LogP contribution >= 0.6 is 0 Å². The highest BCUT2D eigenvalue weighted by molar-refractivity contribution is 6.00. The van der Waals surface area contributed by atoms with Crippen LogP contribution in [0, 0.1) is 5.41 Å². The van der Waals surface area contributed by atoms with E-state index in [0.717, 1.165) is 17.5 Å². The van der Waals surface area contributed by atoms with Crippen molar-refractivity contribution in [3.8, 4) is 17.2 Å². The van der Waals surface area contributed by atoms with Crippen LogP contribution in [0.1, 0.15) is 192 Å². The van der Waals surface area contributed by atoms with E-state index in [2.05, 4.69) is 16.0 Å². The first-order valence-electron chi connectivity index (χ1n) is 27.7. The number of benzene rings is 4. The van der Waals surface area contributed by atoms with E-state index in [-0.39, 0.29) is 43.5 Å². The maximum absolute atomic E-state index is 14.6. The first kappa shape index (κ1) is 55.9. The molecular formula is C61H78N8O9. The number of para-hydroxylation sites is 1. The van der Waals surface area contributed by atoms with Crippen LogP contribution < -0.4 is 35.9 Å². The fraction of sp³-hybridized carbons (Fsp3) is 0.508. The first-order valence-corrected chi connectivity index (χ1v) is 27.7. The molecule has 0 aromatic heterocycles. The molecule has 1 aliphatic carbocycles. The number of hydrogen-bond donors (Lipinski definition) is 7. The number of hydrogen-bond acceptors (Lipinski definition) is 13. The molecule has 0 bridgehead atoms. The molecule has 78 heavy (non-hydrogen) atoms. The van der Waals surface area contributed by atoms with Gasteiger partial charge in [-0.25, -0.2) is 4.99 Å². The van der Waals surface area contributed by atoms with Crippen molar-refractivity contribution in [3.63, 3.8) is 0 Å². The first-order chi connectivity index (χ1) is 37.1. The second-order valence-electron chi connectivity index (χ2n) is 23.3. The Morgan fingerprint density at radius 3 is 2.03 bits per heavy atom.